The number of aliphatic imine (C=N–C) groups is 1. The van der Waals surface area contributed by atoms with Crippen LogP contribution in [0, 0.1) is 5.82 Å². The van der Waals surface area contributed by atoms with E-state index in [1.807, 2.05) is 19.1 Å². The van der Waals surface area contributed by atoms with Crippen LogP contribution < -0.4 is 14.8 Å². The molecule has 0 spiro atoms. The maximum absolute atomic E-state index is 13.0. The maximum atomic E-state index is 13.0. The van der Waals surface area contributed by atoms with Gasteiger partial charge in [-0.15, -0.1) is 0 Å². The summed E-state index contributed by atoms with van der Waals surface area (Å²) < 4.78 is 23.8. The first-order valence-electron chi connectivity index (χ1n) is 7.95. The van der Waals surface area contributed by atoms with Crippen molar-refractivity contribution in [2.24, 2.45) is 4.99 Å². The summed E-state index contributed by atoms with van der Waals surface area (Å²) in [6.45, 7) is 2.41. The molecule has 0 aliphatic carbocycles. The van der Waals surface area contributed by atoms with Crippen LogP contribution in [0.15, 0.2) is 52.4 Å². The molecule has 1 aliphatic rings. The molecule has 1 aliphatic heterocycles. The van der Waals surface area contributed by atoms with Crippen molar-refractivity contribution in [2.45, 2.75) is 6.92 Å². The number of methoxy groups -OCH3 is 1. The lowest BCUT2D eigenvalue weighted by Gasteiger charge is -2.09. The van der Waals surface area contributed by atoms with E-state index < -0.39 is 0 Å². The van der Waals surface area contributed by atoms with Crippen LogP contribution in [-0.2, 0) is 4.79 Å². The highest BCUT2D eigenvalue weighted by molar-refractivity contribution is 8.18. The maximum Gasteiger partial charge on any atom is 0.264 e. The number of ether oxygens (including phenoxy) is 2. The normalized spacial score (nSPS) is 16.8. The van der Waals surface area contributed by atoms with E-state index in [2.05, 4.69) is 10.3 Å². The minimum absolute atomic E-state index is 0.232. The van der Waals surface area contributed by atoms with Gasteiger partial charge in [-0.25, -0.2) is 9.38 Å². The van der Waals surface area contributed by atoms with Crippen molar-refractivity contribution in [3.8, 4) is 11.5 Å². The first-order valence-corrected chi connectivity index (χ1v) is 8.76. The van der Waals surface area contributed by atoms with E-state index in [0.717, 1.165) is 5.56 Å². The highest BCUT2D eigenvalue weighted by atomic mass is 32.2. The standard InChI is InChI=1S/C19H17FN2O3S/c1-3-25-16-10-12(4-9-15(16)24-2)11-17-18(23)22-19(26-17)21-14-7-5-13(20)6-8-14/h4-11H,3H2,1-2H3,(H,21,22,23)/b17-11+. The molecule has 26 heavy (non-hydrogen) atoms. The first-order chi connectivity index (χ1) is 12.6. The molecule has 1 heterocycles. The summed E-state index contributed by atoms with van der Waals surface area (Å²) in [7, 11) is 1.58. The van der Waals surface area contributed by atoms with Crippen molar-refractivity contribution < 1.29 is 18.7 Å². The summed E-state index contributed by atoms with van der Waals surface area (Å²) in [5.41, 5.74) is 1.38. The Balaban J connectivity index is 1.82. The zero-order valence-electron chi connectivity index (χ0n) is 14.3. The Morgan fingerprint density at radius 2 is 1.96 bits per heavy atom. The Morgan fingerprint density at radius 3 is 2.65 bits per heavy atom. The zero-order chi connectivity index (χ0) is 18.5. The molecule has 134 valence electrons. The number of halogens is 1. The third kappa shape index (κ3) is 4.23. The minimum Gasteiger partial charge on any atom is -0.493 e. The molecule has 1 N–H and O–H groups in total. The molecule has 0 atom stereocenters. The Hall–Kier alpha value is -2.80. The van der Waals surface area contributed by atoms with Gasteiger partial charge in [0.25, 0.3) is 5.91 Å². The van der Waals surface area contributed by atoms with Crippen molar-refractivity contribution in [1.29, 1.82) is 0 Å². The average molecular weight is 372 g/mol. The van der Waals surface area contributed by atoms with E-state index in [1.165, 1.54) is 23.9 Å². The predicted octanol–water partition coefficient (Wildman–Crippen LogP) is 4.12. The lowest BCUT2D eigenvalue weighted by molar-refractivity contribution is -0.115. The van der Waals surface area contributed by atoms with Gasteiger partial charge < -0.3 is 14.8 Å². The number of amides is 1. The largest absolute Gasteiger partial charge is 0.493 e. The molecule has 1 saturated heterocycles. The fourth-order valence-corrected chi connectivity index (χ4v) is 3.16. The summed E-state index contributed by atoms with van der Waals surface area (Å²) >= 11 is 1.23. The number of nitrogens with zero attached hydrogens (tertiary/aromatic N) is 1. The predicted molar refractivity (Wildman–Crippen MR) is 101 cm³/mol. The summed E-state index contributed by atoms with van der Waals surface area (Å²) in [4.78, 5) is 17.0. The lowest BCUT2D eigenvalue weighted by atomic mass is 10.2. The molecule has 7 heteroatoms. The summed E-state index contributed by atoms with van der Waals surface area (Å²) in [5.74, 6) is 0.691. The van der Waals surface area contributed by atoms with Gasteiger partial charge in [-0.05, 0) is 66.7 Å². The molecule has 5 nitrogen and oxygen atoms in total. The second-order valence-electron chi connectivity index (χ2n) is 5.30. The van der Waals surface area contributed by atoms with Gasteiger partial charge in [-0.1, -0.05) is 6.07 Å². The van der Waals surface area contributed by atoms with E-state index in [-0.39, 0.29) is 11.7 Å². The Morgan fingerprint density at radius 1 is 1.19 bits per heavy atom. The summed E-state index contributed by atoms with van der Waals surface area (Å²) in [6, 6.07) is 11.2. The molecule has 0 bridgehead atoms. The van der Waals surface area contributed by atoms with Crippen molar-refractivity contribution in [2.75, 3.05) is 13.7 Å². The van der Waals surface area contributed by atoms with Crippen molar-refractivity contribution in [3.05, 3.63) is 58.8 Å². The van der Waals surface area contributed by atoms with Crippen molar-refractivity contribution >= 4 is 34.6 Å². The van der Waals surface area contributed by atoms with Gasteiger partial charge in [0.05, 0.1) is 24.3 Å². The number of nitrogens with one attached hydrogen (secondary N) is 1. The number of hydrogen-bond acceptors (Lipinski definition) is 5. The van der Waals surface area contributed by atoms with Crippen LogP contribution in [0.4, 0.5) is 10.1 Å². The fraction of sp³-hybridized carbons (Fsp3) is 0.158. The molecule has 1 amide bonds. The van der Waals surface area contributed by atoms with E-state index in [0.29, 0.717) is 33.9 Å². The van der Waals surface area contributed by atoms with Crippen LogP contribution in [0.3, 0.4) is 0 Å². The number of thioether (sulfide) groups is 1. The van der Waals surface area contributed by atoms with Gasteiger partial charge in [-0.2, -0.15) is 0 Å². The van der Waals surface area contributed by atoms with Gasteiger partial charge in [0, 0.05) is 0 Å². The number of amidine groups is 1. The monoisotopic (exact) mass is 372 g/mol. The molecular formula is C19H17FN2O3S. The third-order valence-electron chi connectivity index (χ3n) is 3.49. The Bertz CT molecular complexity index is 879. The molecule has 2 aromatic carbocycles. The van der Waals surface area contributed by atoms with Crippen molar-refractivity contribution in [3.63, 3.8) is 0 Å². The smallest absolute Gasteiger partial charge is 0.264 e. The Kier molecular flexibility index (Phi) is 5.58. The second-order valence-corrected chi connectivity index (χ2v) is 6.33. The molecule has 0 saturated carbocycles. The van der Waals surface area contributed by atoms with Crippen LogP contribution in [0.2, 0.25) is 0 Å². The number of carbonyl (C=O) groups excluding carboxylic acids is 1. The third-order valence-corrected chi connectivity index (χ3v) is 4.40. The average Bonchev–Trinajstić information content (AvgIpc) is 2.97. The number of hydrogen-bond donors (Lipinski definition) is 1. The van der Waals surface area contributed by atoms with Crippen LogP contribution >= 0.6 is 11.8 Å². The number of rotatable bonds is 5. The van der Waals surface area contributed by atoms with Crippen LogP contribution in [-0.4, -0.2) is 24.8 Å². The molecule has 0 aromatic heterocycles. The SMILES string of the molecule is CCOc1cc(/C=C2/SC(=Nc3ccc(F)cc3)NC2=O)ccc1OC. The number of benzene rings is 2. The topological polar surface area (TPSA) is 59.9 Å². The van der Waals surface area contributed by atoms with Gasteiger partial charge >= 0.3 is 0 Å². The summed E-state index contributed by atoms with van der Waals surface area (Å²) in [5, 5.41) is 3.16. The highest BCUT2D eigenvalue weighted by Crippen LogP contribution is 2.32. The van der Waals surface area contributed by atoms with E-state index >= 15 is 0 Å². The zero-order valence-corrected chi connectivity index (χ0v) is 15.1. The van der Waals surface area contributed by atoms with E-state index in [4.69, 9.17) is 9.47 Å². The first kappa shape index (κ1) is 18.0. The van der Waals surface area contributed by atoms with Crippen LogP contribution in [0.5, 0.6) is 11.5 Å². The molecule has 0 radical (unpaired) electrons. The van der Waals surface area contributed by atoms with Gasteiger partial charge in [0.2, 0.25) is 0 Å². The highest BCUT2D eigenvalue weighted by Gasteiger charge is 2.24. The molecule has 3 rings (SSSR count). The van der Waals surface area contributed by atoms with Crippen molar-refractivity contribution in [1.82, 2.24) is 5.32 Å². The molecular weight excluding hydrogens is 355 g/mol. The second kappa shape index (κ2) is 8.05. The minimum atomic E-state index is -0.331. The summed E-state index contributed by atoms with van der Waals surface area (Å²) in [6.07, 6.45) is 1.76. The quantitative estimate of drug-likeness (QED) is 0.802. The number of carbonyl (C=O) groups is 1. The molecule has 0 unspecified atom stereocenters. The fourth-order valence-electron chi connectivity index (χ4n) is 2.32. The van der Waals surface area contributed by atoms with E-state index in [1.54, 1.807) is 31.4 Å². The molecule has 1 fully saturated rings. The van der Waals surface area contributed by atoms with Crippen LogP contribution in [0.1, 0.15) is 12.5 Å². The van der Waals surface area contributed by atoms with Gasteiger partial charge in [-0.3, -0.25) is 4.79 Å². The van der Waals surface area contributed by atoms with Crippen LogP contribution in [0.25, 0.3) is 6.08 Å². The van der Waals surface area contributed by atoms with Gasteiger partial charge in [0.15, 0.2) is 16.7 Å². The van der Waals surface area contributed by atoms with Gasteiger partial charge in [0.1, 0.15) is 5.82 Å². The lowest BCUT2D eigenvalue weighted by Crippen LogP contribution is -2.19. The van der Waals surface area contributed by atoms with E-state index in [9.17, 15) is 9.18 Å². The Labute approximate surface area is 154 Å². The molecule has 2 aromatic rings.